The summed E-state index contributed by atoms with van der Waals surface area (Å²) in [5.74, 6) is 1.36. The van der Waals surface area contributed by atoms with Gasteiger partial charge < -0.3 is 14.5 Å². The van der Waals surface area contributed by atoms with Gasteiger partial charge in [0, 0.05) is 25.2 Å². The van der Waals surface area contributed by atoms with Crippen molar-refractivity contribution in [2.24, 2.45) is 0 Å². The molecule has 0 aliphatic heterocycles. The predicted octanol–water partition coefficient (Wildman–Crippen LogP) is 2.02. The number of para-hydroxylation sites is 1. The Morgan fingerprint density at radius 2 is 2.05 bits per heavy atom. The first-order valence-corrected chi connectivity index (χ1v) is 6.56. The summed E-state index contributed by atoms with van der Waals surface area (Å²) in [5, 5.41) is 0. The number of nitrogens with one attached hydrogen (secondary N) is 1. The highest BCUT2D eigenvalue weighted by molar-refractivity contribution is 5.66. The number of methoxy groups -OCH3 is 1. The van der Waals surface area contributed by atoms with E-state index < -0.39 is 0 Å². The van der Waals surface area contributed by atoms with E-state index in [-0.39, 0.29) is 5.56 Å². The largest absolute Gasteiger partial charge is 0.490 e. The van der Waals surface area contributed by atoms with Gasteiger partial charge in [-0.15, -0.1) is 0 Å². The molecular weight excluding hydrogens is 256 g/mol. The molecule has 106 valence electrons. The molecule has 0 bridgehead atoms. The number of benzene rings is 1. The summed E-state index contributed by atoms with van der Waals surface area (Å²) in [6, 6.07) is 9.02. The lowest BCUT2D eigenvalue weighted by Gasteiger charge is -2.11. The van der Waals surface area contributed by atoms with Gasteiger partial charge in [-0.05, 0) is 12.1 Å². The van der Waals surface area contributed by atoms with Gasteiger partial charge in [0.15, 0.2) is 0 Å². The summed E-state index contributed by atoms with van der Waals surface area (Å²) in [4.78, 5) is 18.8. The average Bonchev–Trinajstić information content (AvgIpc) is 2.47. The minimum Gasteiger partial charge on any atom is -0.490 e. The SMILES string of the molecule is CCc1nc(-c2ccccc2OCCOC)cc(=O)[nH]1. The first-order valence-electron chi connectivity index (χ1n) is 6.56. The van der Waals surface area contributed by atoms with Crippen molar-refractivity contribution in [3.8, 4) is 17.0 Å². The van der Waals surface area contributed by atoms with Crippen molar-refractivity contribution in [2.45, 2.75) is 13.3 Å². The molecule has 0 unspecified atom stereocenters. The van der Waals surface area contributed by atoms with Crippen LogP contribution in [0.2, 0.25) is 0 Å². The lowest BCUT2D eigenvalue weighted by molar-refractivity contribution is 0.146. The Balaban J connectivity index is 2.36. The highest BCUT2D eigenvalue weighted by Crippen LogP contribution is 2.27. The average molecular weight is 274 g/mol. The molecule has 2 rings (SSSR count). The monoisotopic (exact) mass is 274 g/mol. The van der Waals surface area contributed by atoms with Crippen LogP contribution >= 0.6 is 0 Å². The number of ether oxygens (including phenoxy) is 2. The smallest absolute Gasteiger partial charge is 0.251 e. The first kappa shape index (κ1) is 14.3. The number of aromatic amines is 1. The highest BCUT2D eigenvalue weighted by atomic mass is 16.5. The second-order valence-corrected chi connectivity index (χ2v) is 4.27. The summed E-state index contributed by atoms with van der Waals surface area (Å²) in [6.07, 6.45) is 0.676. The van der Waals surface area contributed by atoms with E-state index in [4.69, 9.17) is 9.47 Å². The van der Waals surface area contributed by atoms with Crippen molar-refractivity contribution in [2.75, 3.05) is 20.3 Å². The molecule has 1 heterocycles. The maximum Gasteiger partial charge on any atom is 0.251 e. The molecule has 0 saturated heterocycles. The second-order valence-electron chi connectivity index (χ2n) is 4.27. The lowest BCUT2D eigenvalue weighted by atomic mass is 10.1. The quantitative estimate of drug-likeness (QED) is 0.819. The molecule has 0 fully saturated rings. The summed E-state index contributed by atoms with van der Waals surface area (Å²) in [6.45, 7) is 2.91. The van der Waals surface area contributed by atoms with Crippen LogP contribution in [0.1, 0.15) is 12.7 Å². The number of hydrogen-bond donors (Lipinski definition) is 1. The fourth-order valence-corrected chi connectivity index (χ4v) is 1.85. The van der Waals surface area contributed by atoms with Crippen molar-refractivity contribution < 1.29 is 9.47 Å². The molecule has 1 aromatic heterocycles. The van der Waals surface area contributed by atoms with Crippen LogP contribution in [-0.2, 0) is 11.2 Å². The van der Waals surface area contributed by atoms with E-state index in [9.17, 15) is 4.79 Å². The van der Waals surface area contributed by atoms with E-state index >= 15 is 0 Å². The number of hydrogen-bond acceptors (Lipinski definition) is 4. The zero-order chi connectivity index (χ0) is 14.4. The molecule has 0 aliphatic rings. The van der Waals surface area contributed by atoms with Crippen LogP contribution in [-0.4, -0.2) is 30.3 Å². The number of rotatable bonds is 6. The third-order valence-electron chi connectivity index (χ3n) is 2.83. The first-order chi connectivity index (χ1) is 9.74. The molecule has 0 amide bonds. The fraction of sp³-hybridized carbons (Fsp3) is 0.333. The molecule has 20 heavy (non-hydrogen) atoms. The Kier molecular flexibility index (Phi) is 4.90. The second kappa shape index (κ2) is 6.86. The van der Waals surface area contributed by atoms with Crippen LogP contribution in [0.3, 0.4) is 0 Å². The van der Waals surface area contributed by atoms with Crippen molar-refractivity contribution in [3.63, 3.8) is 0 Å². The van der Waals surface area contributed by atoms with Crippen molar-refractivity contribution in [3.05, 3.63) is 46.5 Å². The van der Waals surface area contributed by atoms with Crippen LogP contribution in [0.4, 0.5) is 0 Å². The van der Waals surface area contributed by atoms with Gasteiger partial charge in [-0.25, -0.2) is 4.98 Å². The van der Waals surface area contributed by atoms with E-state index in [0.717, 1.165) is 5.56 Å². The maximum absolute atomic E-state index is 11.7. The molecule has 0 radical (unpaired) electrons. The molecule has 5 nitrogen and oxygen atoms in total. The van der Waals surface area contributed by atoms with E-state index in [0.29, 0.717) is 36.9 Å². The molecule has 0 spiro atoms. The summed E-state index contributed by atoms with van der Waals surface area (Å²) in [7, 11) is 1.63. The van der Waals surface area contributed by atoms with Crippen LogP contribution in [0.5, 0.6) is 5.75 Å². The molecular formula is C15H18N2O3. The Bertz CT molecular complexity index is 623. The Morgan fingerprint density at radius 3 is 2.80 bits per heavy atom. The van der Waals surface area contributed by atoms with Gasteiger partial charge in [-0.2, -0.15) is 0 Å². The van der Waals surface area contributed by atoms with Crippen molar-refractivity contribution >= 4 is 0 Å². The zero-order valence-corrected chi connectivity index (χ0v) is 11.7. The van der Waals surface area contributed by atoms with E-state index in [1.165, 1.54) is 6.07 Å². The standard InChI is InChI=1S/C15H18N2O3/c1-3-14-16-12(10-15(18)17-14)11-6-4-5-7-13(11)20-9-8-19-2/h4-7,10H,3,8-9H2,1-2H3,(H,16,17,18). The van der Waals surface area contributed by atoms with Crippen LogP contribution in [0.15, 0.2) is 35.1 Å². The number of nitrogens with zero attached hydrogens (tertiary/aromatic N) is 1. The van der Waals surface area contributed by atoms with Gasteiger partial charge in [-0.3, -0.25) is 4.79 Å². The van der Waals surface area contributed by atoms with Gasteiger partial charge in [0.05, 0.1) is 12.3 Å². The van der Waals surface area contributed by atoms with Crippen LogP contribution < -0.4 is 10.3 Å². The summed E-state index contributed by atoms with van der Waals surface area (Å²) < 4.78 is 10.6. The minimum atomic E-state index is -0.154. The lowest BCUT2D eigenvalue weighted by Crippen LogP contribution is -2.11. The van der Waals surface area contributed by atoms with Gasteiger partial charge >= 0.3 is 0 Å². The third-order valence-corrected chi connectivity index (χ3v) is 2.83. The highest BCUT2D eigenvalue weighted by Gasteiger charge is 2.09. The molecule has 0 saturated carbocycles. The maximum atomic E-state index is 11.7. The summed E-state index contributed by atoms with van der Waals surface area (Å²) >= 11 is 0. The number of H-pyrrole nitrogens is 1. The zero-order valence-electron chi connectivity index (χ0n) is 11.7. The molecule has 0 aliphatic carbocycles. The van der Waals surface area contributed by atoms with Crippen LogP contribution in [0.25, 0.3) is 11.3 Å². The molecule has 5 heteroatoms. The number of aryl methyl sites for hydroxylation is 1. The Hall–Kier alpha value is -2.14. The van der Waals surface area contributed by atoms with E-state index in [1.807, 2.05) is 31.2 Å². The summed E-state index contributed by atoms with van der Waals surface area (Å²) in [5.41, 5.74) is 1.28. The Labute approximate surface area is 117 Å². The fourth-order valence-electron chi connectivity index (χ4n) is 1.85. The topological polar surface area (TPSA) is 64.2 Å². The predicted molar refractivity (Wildman–Crippen MR) is 77.0 cm³/mol. The van der Waals surface area contributed by atoms with Gasteiger partial charge in [0.1, 0.15) is 18.2 Å². The van der Waals surface area contributed by atoms with Gasteiger partial charge in [0.25, 0.3) is 5.56 Å². The molecule has 1 N–H and O–H groups in total. The van der Waals surface area contributed by atoms with E-state index in [2.05, 4.69) is 9.97 Å². The van der Waals surface area contributed by atoms with Crippen LogP contribution in [0, 0.1) is 0 Å². The van der Waals surface area contributed by atoms with E-state index in [1.54, 1.807) is 7.11 Å². The van der Waals surface area contributed by atoms with Gasteiger partial charge in [0.2, 0.25) is 0 Å². The molecule has 1 aromatic carbocycles. The normalized spacial score (nSPS) is 10.5. The van der Waals surface area contributed by atoms with Crippen molar-refractivity contribution in [1.29, 1.82) is 0 Å². The third kappa shape index (κ3) is 3.45. The van der Waals surface area contributed by atoms with Crippen molar-refractivity contribution in [1.82, 2.24) is 9.97 Å². The van der Waals surface area contributed by atoms with Gasteiger partial charge in [-0.1, -0.05) is 19.1 Å². The Morgan fingerprint density at radius 1 is 1.25 bits per heavy atom. The molecule has 0 atom stereocenters. The number of aromatic nitrogens is 2. The molecule has 2 aromatic rings. The minimum absolute atomic E-state index is 0.154.